The standard InChI is InChI=1S/C11H8N2O2S/c14-5-8-12-10-9(16-8)6-3-1-2-4-7(6)11(15)13-10/h1-4,14H,5H2,(H,13,15). The van der Waals surface area contributed by atoms with Crippen molar-refractivity contribution in [1.82, 2.24) is 9.97 Å². The minimum absolute atomic E-state index is 0.101. The van der Waals surface area contributed by atoms with Gasteiger partial charge in [0, 0.05) is 10.8 Å². The number of aliphatic hydroxyl groups excluding tert-OH is 1. The van der Waals surface area contributed by atoms with Crippen molar-refractivity contribution in [1.29, 1.82) is 0 Å². The number of aromatic nitrogens is 2. The largest absolute Gasteiger partial charge is 0.389 e. The summed E-state index contributed by atoms with van der Waals surface area (Å²) in [5.41, 5.74) is 0.413. The van der Waals surface area contributed by atoms with Gasteiger partial charge in [0.2, 0.25) is 0 Å². The maximum absolute atomic E-state index is 11.7. The number of H-pyrrole nitrogens is 1. The summed E-state index contributed by atoms with van der Waals surface area (Å²) in [7, 11) is 0. The van der Waals surface area contributed by atoms with E-state index in [1.807, 2.05) is 18.2 Å². The van der Waals surface area contributed by atoms with Gasteiger partial charge in [-0.25, -0.2) is 4.98 Å². The summed E-state index contributed by atoms with van der Waals surface area (Å²) in [5, 5.41) is 11.2. The summed E-state index contributed by atoms with van der Waals surface area (Å²) in [6, 6.07) is 7.40. The second-order valence-corrected chi connectivity index (χ2v) is 4.53. The van der Waals surface area contributed by atoms with Crippen molar-refractivity contribution in [3.05, 3.63) is 39.6 Å². The number of benzene rings is 1. The number of aliphatic hydroxyl groups is 1. The number of hydrogen-bond donors (Lipinski definition) is 2. The summed E-state index contributed by atoms with van der Waals surface area (Å²) < 4.78 is 0.916. The predicted octanol–water partition coefficient (Wildman–Crippen LogP) is 1.63. The van der Waals surface area contributed by atoms with E-state index in [9.17, 15) is 4.79 Å². The van der Waals surface area contributed by atoms with E-state index in [2.05, 4.69) is 9.97 Å². The molecule has 16 heavy (non-hydrogen) atoms. The van der Waals surface area contributed by atoms with Crippen molar-refractivity contribution in [2.24, 2.45) is 0 Å². The normalized spacial score (nSPS) is 11.3. The lowest BCUT2D eigenvalue weighted by Crippen LogP contribution is -2.05. The van der Waals surface area contributed by atoms with E-state index < -0.39 is 0 Å². The average molecular weight is 232 g/mol. The number of nitrogens with zero attached hydrogens (tertiary/aromatic N) is 1. The number of rotatable bonds is 1. The summed E-state index contributed by atoms with van der Waals surface area (Å²) >= 11 is 1.40. The van der Waals surface area contributed by atoms with E-state index in [0.717, 1.165) is 10.1 Å². The molecule has 5 heteroatoms. The van der Waals surface area contributed by atoms with Crippen LogP contribution in [0.4, 0.5) is 0 Å². The maximum Gasteiger partial charge on any atom is 0.257 e. The van der Waals surface area contributed by atoms with Crippen LogP contribution in [-0.4, -0.2) is 15.1 Å². The molecule has 2 aromatic heterocycles. The van der Waals surface area contributed by atoms with Crippen molar-refractivity contribution < 1.29 is 5.11 Å². The molecule has 0 saturated heterocycles. The minimum Gasteiger partial charge on any atom is -0.389 e. The molecule has 3 rings (SSSR count). The van der Waals surface area contributed by atoms with Gasteiger partial charge in [-0.05, 0) is 6.07 Å². The summed E-state index contributed by atoms with van der Waals surface area (Å²) in [6.07, 6.45) is 0. The van der Waals surface area contributed by atoms with E-state index >= 15 is 0 Å². The molecule has 0 bridgehead atoms. The van der Waals surface area contributed by atoms with Crippen LogP contribution >= 0.6 is 11.3 Å². The molecule has 0 radical (unpaired) electrons. The summed E-state index contributed by atoms with van der Waals surface area (Å²) in [5.74, 6) is 0. The van der Waals surface area contributed by atoms with E-state index in [4.69, 9.17) is 5.11 Å². The van der Waals surface area contributed by atoms with Crippen LogP contribution in [0.15, 0.2) is 29.1 Å². The highest BCUT2D eigenvalue weighted by atomic mass is 32.1. The first-order chi connectivity index (χ1) is 7.79. The van der Waals surface area contributed by atoms with E-state index in [-0.39, 0.29) is 12.2 Å². The van der Waals surface area contributed by atoms with Crippen molar-refractivity contribution in [3.63, 3.8) is 0 Å². The highest BCUT2D eigenvalue weighted by Gasteiger charge is 2.09. The molecule has 0 aliphatic carbocycles. The van der Waals surface area contributed by atoms with Gasteiger partial charge in [0.1, 0.15) is 5.01 Å². The lowest BCUT2D eigenvalue weighted by Gasteiger charge is -1.96. The van der Waals surface area contributed by atoms with Crippen LogP contribution in [0.3, 0.4) is 0 Å². The number of aromatic amines is 1. The van der Waals surface area contributed by atoms with Gasteiger partial charge in [-0.1, -0.05) is 18.2 Å². The van der Waals surface area contributed by atoms with Gasteiger partial charge in [0.25, 0.3) is 5.56 Å². The Morgan fingerprint density at radius 2 is 2.06 bits per heavy atom. The van der Waals surface area contributed by atoms with Crippen LogP contribution in [-0.2, 0) is 6.61 Å². The van der Waals surface area contributed by atoms with Crippen molar-refractivity contribution in [2.45, 2.75) is 6.61 Å². The Hall–Kier alpha value is -1.72. The highest BCUT2D eigenvalue weighted by Crippen LogP contribution is 2.26. The van der Waals surface area contributed by atoms with Crippen LogP contribution in [0.25, 0.3) is 21.1 Å². The van der Waals surface area contributed by atoms with Gasteiger partial charge >= 0.3 is 0 Å². The SMILES string of the molecule is O=c1[nH]c2nc(CO)sc2c2ccccc12. The Labute approximate surface area is 94.2 Å². The zero-order valence-corrected chi connectivity index (χ0v) is 9.04. The Kier molecular flexibility index (Phi) is 2.02. The molecule has 0 unspecified atom stereocenters. The Bertz CT molecular complexity index is 730. The zero-order valence-electron chi connectivity index (χ0n) is 8.23. The first kappa shape index (κ1) is 9.50. The lowest BCUT2D eigenvalue weighted by atomic mass is 10.2. The smallest absolute Gasteiger partial charge is 0.257 e. The first-order valence-corrected chi connectivity index (χ1v) is 5.62. The number of hydrogen-bond acceptors (Lipinski definition) is 4. The van der Waals surface area contributed by atoms with Gasteiger partial charge < -0.3 is 10.1 Å². The molecule has 4 nitrogen and oxygen atoms in total. The zero-order chi connectivity index (χ0) is 11.1. The third-order valence-electron chi connectivity index (χ3n) is 2.45. The topological polar surface area (TPSA) is 66.0 Å². The molecule has 0 aliphatic heterocycles. The van der Waals surface area contributed by atoms with Crippen molar-refractivity contribution in [2.75, 3.05) is 0 Å². The highest BCUT2D eigenvalue weighted by molar-refractivity contribution is 7.19. The Morgan fingerprint density at radius 3 is 2.81 bits per heavy atom. The molecule has 3 aromatic rings. The van der Waals surface area contributed by atoms with Gasteiger partial charge in [-0.2, -0.15) is 0 Å². The van der Waals surface area contributed by atoms with E-state index in [1.165, 1.54) is 11.3 Å². The minimum atomic E-state index is -0.141. The average Bonchev–Trinajstić information content (AvgIpc) is 2.72. The molecule has 0 fully saturated rings. The molecule has 0 aliphatic rings. The van der Waals surface area contributed by atoms with Gasteiger partial charge in [0.05, 0.1) is 11.3 Å². The van der Waals surface area contributed by atoms with Crippen molar-refractivity contribution >= 4 is 32.5 Å². The second kappa shape index (κ2) is 3.40. The van der Waals surface area contributed by atoms with E-state index in [0.29, 0.717) is 16.0 Å². The fourth-order valence-corrected chi connectivity index (χ4v) is 2.67. The van der Waals surface area contributed by atoms with Gasteiger partial charge in [-0.3, -0.25) is 4.79 Å². The molecule has 2 N–H and O–H groups in total. The van der Waals surface area contributed by atoms with Crippen LogP contribution in [0.2, 0.25) is 0 Å². The first-order valence-electron chi connectivity index (χ1n) is 4.81. The fourth-order valence-electron chi connectivity index (χ4n) is 1.75. The molecule has 1 aromatic carbocycles. The van der Waals surface area contributed by atoms with E-state index in [1.54, 1.807) is 6.07 Å². The molecule has 2 heterocycles. The maximum atomic E-state index is 11.7. The molecule has 0 spiro atoms. The number of nitrogens with one attached hydrogen (secondary N) is 1. The summed E-state index contributed by atoms with van der Waals surface area (Å²) in [4.78, 5) is 18.6. The molecular formula is C11H8N2O2S. The molecule has 80 valence electrons. The third kappa shape index (κ3) is 1.26. The predicted molar refractivity (Wildman–Crippen MR) is 63.7 cm³/mol. The van der Waals surface area contributed by atoms with Gasteiger partial charge in [0.15, 0.2) is 5.65 Å². The quantitative estimate of drug-likeness (QED) is 0.670. The second-order valence-electron chi connectivity index (χ2n) is 3.44. The number of thiazole rings is 1. The Balaban J connectivity index is 2.57. The number of fused-ring (bicyclic) bond motifs is 3. The van der Waals surface area contributed by atoms with Gasteiger partial charge in [-0.15, -0.1) is 11.3 Å². The third-order valence-corrected chi connectivity index (χ3v) is 3.53. The summed E-state index contributed by atoms with van der Waals surface area (Å²) in [6.45, 7) is -0.101. The van der Waals surface area contributed by atoms with Crippen LogP contribution < -0.4 is 5.56 Å². The van der Waals surface area contributed by atoms with Crippen LogP contribution in [0.1, 0.15) is 5.01 Å². The van der Waals surface area contributed by atoms with Crippen LogP contribution in [0.5, 0.6) is 0 Å². The monoisotopic (exact) mass is 232 g/mol. The molecule has 0 atom stereocenters. The molecule has 0 saturated carbocycles. The van der Waals surface area contributed by atoms with Crippen LogP contribution in [0, 0.1) is 0 Å². The fraction of sp³-hybridized carbons (Fsp3) is 0.0909. The molecular weight excluding hydrogens is 224 g/mol. The van der Waals surface area contributed by atoms with Crippen molar-refractivity contribution in [3.8, 4) is 0 Å². The lowest BCUT2D eigenvalue weighted by molar-refractivity contribution is 0.281. The Morgan fingerprint density at radius 1 is 1.31 bits per heavy atom. The molecule has 0 amide bonds. The number of pyridine rings is 1.